The zero-order valence-corrected chi connectivity index (χ0v) is 11.4. The van der Waals surface area contributed by atoms with E-state index < -0.39 is 12.1 Å². The van der Waals surface area contributed by atoms with E-state index in [0.29, 0.717) is 18.9 Å². The van der Waals surface area contributed by atoms with Crippen molar-refractivity contribution in [3.8, 4) is 0 Å². The van der Waals surface area contributed by atoms with Crippen LogP contribution in [0.25, 0.3) is 0 Å². The van der Waals surface area contributed by atoms with Gasteiger partial charge in [0.25, 0.3) is 0 Å². The van der Waals surface area contributed by atoms with Crippen molar-refractivity contribution in [3.05, 3.63) is 35.4 Å². The van der Waals surface area contributed by atoms with E-state index in [9.17, 15) is 13.2 Å². The molecule has 4 heteroatoms. The maximum absolute atomic E-state index is 12.8. The zero-order chi connectivity index (χ0) is 14.2. The summed E-state index contributed by atoms with van der Waals surface area (Å²) in [5.74, 6) is -1.11. The Balaban J connectivity index is 1.57. The molecule has 0 saturated heterocycles. The van der Waals surface area contributed by atoms with Gasteiger partial charge in [0.05, 0.1) is 5.92 Å². The standard InChI is InChI=1S/C16H20F3N/c17-16(18,19)13-6-3-7-14(10-13)20-15-8-11-4-1-2-5-12(11)9-15/h1-2,4-5,13-15,20H,3,6-10H2. The van der Waals surface area contributed by atoms with Gasteiger partial charge in [0, 0.05) is 12.1 Å². The molecule has 0 spiro atoms. The van der Waals surface area contributed by atoms with Crippen molar-refractivity contribution in [1.29, 1.82) is 0 Å². The third kappa shape index (κ3) is 3.00. The summed E-state index contributed by atoms with van der Waals surface area (Å²) in [6.07, 6.45) is -0.0322. The third-order valence-corrected chi connectivity index (χ3v) is 4.66. The molecule has 2 atom stereocenters. The highest BCUT2D eigenvalue weighted by Gasteiger charge is 2.42. The van der Waals surface area contributed by atoms with Gasteiger partial charge in [-0.25, -0.2) is 0 Å². The Morgan fingerprint density at radius 3 is 2.20 bits per heavy atom. The van der Waals surface area contributed by atoms with Crippen LogP contribution in [0.4, 0.5) is 13.2 Å². The predicted molar refractivity (Wildman–Crippen MR) is 72.6 cm³/mol. The highest BCUT2D eigenvalue weighted by molar-refractivity contribution is 5.33. The molecular formula is C16H20F3N. The lowest BCUT2D eigenvalue weighted by atomic mass is 9.85. The quantitative estimate of drug-likeness (QED) is 0.869. The zero-order valence-electron chi connectivity index (χ0n) is 11.4. The average Bonchev–Trinajstić information content (AvgIpc) is 2.80. The molecule has 0 amide bonds. The second-order valence-corrected chi connectivity index (χ2v) is 6.14. The van der Waals surface area contributed by atoms with Gasteiger partial charge in [-0.15, -0.1) is 0 Å². The van der Waals surface area contributed by atoms with Gasteiger partial charge in [0.1, 0.15) is 0 Å². The number of alkyl halides is 3. The Morgan fingerprint density at radius 1 is 0.950 bits per heavy atom. The molecule has 1 saturated carbocycles. The van der Waals surface area contributed by atoms with Gasteiger partial charge in [-0.3, -0.25) is 0 Å². The Kier molecular flexibility index (Phi) is 3.76. The van der Waals surface area contributed by atoms with E-state index in [1.54, 1.807) is 0 Å². The number of hydrogen-bond acceptors (Lipinski definition) is 1. The van der Waals surface area contributed by atoms with E-state index in [-0.39, 0.29) is 12.5 Å². The normalized spacial score (nSPS) is 27.6. The second-order valence-electron chi connectivity index (χ2n) is 6.14. The molecule has 0 bridgehead atoms. The maximum atomic E-state index is 12.8. The minimum Gasteiger partial charge on any atom is -0.311 e. The van der Waals surface area contributed by atoms with Crippen LogP contribution in [0.2, 0.25) is 0 Å². The van der Waals surface area contributed by atoms with Crippen LogP contribution in [0.15, 0.2) is 24.3 Å². The van der Waals surface area contributed by atoms with E-state index in [4.69, 9.17) is 0 Å². The van der Waals surface area contributed by atoms with Crippen LogP contribution >= 0.6 is 0 Å². The van der Waals surface area contributed by atoms with Gasteiger partial charge in [-0.05, 0) is 43.2 Å². The molecule has 1 fully saturated rings. The summed E-state index contributed by atoms with van der Waals surface area (Å²) >= 11 is 0. The van der Waals surface area contributed by atoms with E-state index in [0.717, 1.165) is 19.3 Å². The summed E-state index contributed by atoms with van der Waals surface area (Å²) in [6, 6.07) is 8.63. The SMILES string of the molecule is FC(F)(F)C1CCCC(NC2Cc3ccccc3C2)C1. The molecular weight excluding hydrogens is 263 g/mol. The minimum absolute atomic E-state index is 0.0229. The number of fused-ring (bicyclic) bond motifs is 1. The Bertz CT molecular complexity index is 444. The van der Waals surface area contributed by atoms with E-state index in [1.165, 1.54) is 11.1 Å². The predicted octanol–water partition coefficient (Wildman–Crippen LogP) is 3.86. The van der Waals surface area contributed by atoms with E-state index in [2.05, 4.69) is 17.4 Å². The van der Waals surface area contributed by atoms with Crippen LogP contribution in [0.1, 0.15) is 36.8 Å². The monoisotopic (exact) mass is 283 g/mol. The van der Waals surface area contributed by atoms with Crippen LogP contribution in [0.5, 0.6) is 0 Å². The van der Waals surface area contributed by atoms with Crippen LogP contribution < -0.4 is 5.32 Å². The van der Waals surface area contributed by atoms with Gasteiger partial charge >= 0.3 is 6.18 Å². The second kappa shape index (κ2) is 5.40. The summed E-state index contributed by atoms with van der Waals surface area (Å²) in [5, 5.41) is 3.47. The summed E-state index contributed by atoms with van der Waals surface area (Å²) < 4.78 is 38.4. The van der Waals surface area contributed by atoms with Crippen LogP contribution in [-0.4, -0.2) is 18.3 Å². The molecule has 0 radical (unpaired) electrons. The highest BCUT2D eigenvalue weighted by atomic mass is 19.4. The molecule has 110 valence electrons. The number of hydrogen-bond donors (Lipinski definition) is 1. The van der Waals surface area contributed by atoms with Crippen molar-refractivity contribution in [1.82, 2.24) is 5.32 Å². The lowest BCUT2D eigenvalue weighted by Crippen LogP contribution is -2.44. The molecule has 1 N–H and O–H groups in total. The Hall–Kier alpha value is -1.03. The van der Waals surface area contributed by atoms with Gasteiger partial charge < -0.3 is 5.32 Å². The fraction of sp³-hybridized carbons (Fsp3) is 0.625. The molecule has 1 nitrogen and oxygen atoms in total. The van der Waals surface area contributed by atoms with Gasteiger partial charge in [-0.2, -0.15) is 13.2 Å². The molecule has 0 aromatic heterocycles. The number of nitrogens with one attached hydrogen (secondary N) is 1. The van der Waals surface area contributed by atoms with Gasteiger partial charge in [-0.1, -0.05) is 30.7 Å². The molecule has 1 aromatic rings. The lowest BCUT2D eigenvalue weighted by Gasteiger charge is -2.32. The summed E-state index contributed by atoms with van der Waals surface area (Å²) in [7, 11) is 0. The van der Waals surface area contributed by atoms with Crippen molar-refractivity contribution >= 4 is 0 Å². The maximum Gasteiger partial charge on any atom is 0.391 e. The topological polar surface area (TPSA) is 12.0 Å². The van der Waals surface area contributed by atoms with Crippen LogP contribution in [0, 0.1) is 5.92 Å². The smallest absolute Gasteiger partial charge is 0.311 e. The first-order valence-corrected chi connectivity index (χ1v) is 7.42. The average molecular weight is 283 g/mol. The molecule has 2 unspecified atom stereocenters. The summed E-state index contributed by atoms with van der Waals surface area (Å²) in [5.41, 5.74) is 2.68. The molecule has 2 aliphatic rings. The largest absolute Gasteiger partial charge is 0.391 e. The molecule has 0 aliphatic heterocycles. The number of rotatable bonds is 2. The van der Waals surface area contributed by atoms with Crippen molar-refractivity contribution < 1.29 is 13.2 Å². The third-order valence-electron chi connectivity index (χ3n) is 4.66. The number of halogens is 3. The first kappa shape index (κ1) is 13.9. The van der Waals surface area contributed by atoms with Gasteiger partial charge in [0.2, 0.25) is 0 Å². The molecule has 2 aliphatic carbocycles. The lowest BCUT2D eigenvalue weighted by molar-refractivity contribution is -0.183. The fourth-order valence-corrected chi connectivity index (χ4v) is 3.65. The minimum atomic E-state index is -4.03. The summed E-state index contributed by atoms with van der Waals surface area (Å²) in [4.78, 5) is 0. The van der Waals surface area contributed by atoms with Gasteiger partial charge in [0.15, 0.2) is 0 Å². The first-order valence-electron chi connectivity index (χ1n) is 7.42. The first-order chi connectivity index (χ1) is 9.52. The highest BCUT2D eigenvalue weighted by Crippen LogP contribution is 2.38. The molecule has 3 rings (SSSR count). The molecule has 0 heterocycles. The van der Waals surface area contributed by atoms with E-state index in [1.807, 2.05) is 12.1 Å². The van der Waals surface area contributed by atoms with Crippen molar-refractivity contribution in [2.24, 2.45) is 5.92 Å². The summed E-state index contributed by atoms with van der Waals surface area (Å²) in [6.45, 7) is 0. The van der Waals surface area contributed by atoms with Crippen LogP contribution in [0.3, 0.4) is 0 Å². The number of benzene rings is 1. The van der Waals surface area contributed by atoms with E-state index >= 15 is 0 Å². The van der Waals surface area contributed by atoms with Crippen molar-refractivity contribution in [2.75, 3.05) is 0 Å². The Morgan fingerprint density at radius 2 is 1.60 bits per heavy atom. The Labute approximate surface area is 117 Å². The van der Waals surface area contributed by atoms with Crippen LogP contribution in [-0.2, 0) is 12.8 Å². The fourth-order valence-electron chi connectivity index (χ4n) is 3.65. The van der Waals surface area contributed by atoms with Crippen molar-refractivity contribution in [3.63, 3.8) is 0 Å². The van der Waals surface area contributed by atoms with Crippen molar-refractivity contribution in [2.45, 2.75) is 56.8 Å². The molecule has 20 heavy (non-hydrogen) atoms. The molecule has 1 aromatic carbocycles.